The molecule has 4 rings (SSSR count). The first-order valence-electron chi connectivity index (χ1n) is 16.1. The van der Waals surface area contributed by atoms with E-state index in [0.29, 0.717) is 66.7 Å². The van der Waals surface area contributed by atoms with Gasteiger partial charge in [0, 0.05) is 56.7 Å². The number of benzene rings is 1. The molecule has 1 fully saturated rings. The minimum absolute atomic E-state index is 0.0969. The second-order valence-electron chi connectivity index (χ2n) is 13.1. The number of nitrogens with zero attached hydrogens (tertiary/aromatic N) is 5. The van der Waals surface area contributed by atoms with Gasteiger partial charge < -0.3 is 25.0 Å². The zero-order chi connectivity index (χ0) is 35.2. The van der Waals surface area contributed by atoms with Gasteiger partial charge in [0.25, 0.3) is 11.8 Å². The first-order valence-corrected chi connectivity index (χ1v) is 16.1. The first-order chi connectivity index (χ1) is 22.7. The van der Waals surface area contributed by atoms with Crippen molar-refractivity contribution >= 4 is 23.7 Å². The minimum atomic E-state index is -0.584. The summed E-state index contributed by atoms with van der Waals surface area (Å²) in [4.78, 5) is 52.5. The highest BCUT2D eigenvalue weighted by atomic mass is 16.6. The maximum absolute atomic E-state index is 13.5. The number of rotatable bonds is 9. The van der Waals surface area contributed by atoms with Gasteiger partial charge in [-0.3, -0.25) is 19.5 Å². The standard InChI is InChI=1S/C36H45N7O5/c1-9-38-33(44)28-16-27(34(45)41-32-24(4)14-26(17-37)19-40-32)23(3)15-30(28)47-31(29-11-10-22(2)18-39-29)21-42-12-13-43(25(5)20-42)35(46)48-36(6,7)8/h10-11,14-16,18-19,25,31H,9,12-13,20-21H2,1-8H3,(H,38,44)(H,40,41,45)/t25-,31-/m1/s1. The maximum atomic E-state index is 13.5. The molecule has 1 aliphatic rings. The normalized spacial score (nSPS) is 15.6. The van der Waals surface area contributed by atoms with Crippen LogP contribution >= 0.6 is 0 Å². The van der Waals surface area contributed by atoms with Crippen molar-refractivity contribution in [1.29, 1.82) is 5.26 Å². The average Bonchev–Trinajstić information content (AvgIpc) is 3.01. The largest absolute Gasteiger partial charge is 0.482 e. The molecular formula is C36H45N7O5. The van der Waals surface area contributed by atoms with Gasteiger partial charge in [0.05, 0.1) is 16.8 Å². The summed E-state index contributed by atoms with van der Waals surface area (Å²) in [5.74, 6) is -0.191. The third-order valence-electron chi connectivity index (χ3n) is 7.89. The van der Waals surface area contributed by atoms with E-state index in [-0.39, 0.29) is 29.2 Å². The highest BCUT2D eigenvalue weighted by Gasteiger charge is 2.33. The summed E-state index contributed by atoms with van der Waals surface area (Å²) < 4.78 is 12.3. The Hall–Kier alpha value is -5.02. The number of piperazine rings is 1. The van der Waals surface area contributed by atoms with Crippen molar-refractivity contribution in [2.45, 2.75) is 73.1 Å². The van der Waals surface area contributed by atoms with Gasteiger partial charge in [-0.25, -0.2) is 9.78 Å². The van der Waals surface area contributed by atoms with Crippen LogP contribution in [-0.2, 0) is 4.74 Å². The second kappa shape index (κ2) is 15.3. The molecule has 0 aliphatic carbocycles. The molecule has 2 N–H and O–H groups in total. The fourth-order valence-electron chi connectivity index (χ4n) is 5.44. The van der Waals surface area contributed by atoms with E-state index in [4.69, 9.17) is 14.7 Å². The number of amides is 3. The van der Waals surface area contributed by atoms with Gasteiger partial charge >= 0.3 is 6.09 Å². The van der Waals surface area contributed by atoms with E-state index in [0.717, 1.165) is 5.56 Å². The SMILES string of the molecule is CCNC(=O)c1cc(C(=O)Nc2ncc(C#N)cc2C)c(C)cc1O[C@H](CN1CCN(C(=O)OC(C)(C)C)[C@H](C)C1)c1ccc(C)cn1. The molecule has 0 spiro atoms. The summed E-state index contributed by atoms with van der Waals surface area (Å²) in [5.41, 5.74) is 3.21. The fourth-order valence-corrected chi connectivity index (χ4v) is 5.44. The molecule has 3 aromatic rings. The van der Waals surface area contributed by atoms with E-state index in [1.807, 2.05) is 59.7 Å². The van der Waals surface area contributed by atoms with E-state index in [1.54, 1.807) is 37.1 Å². The summed E-state index contributed by atoms with van der Waals surface area (Å²) in [7, 11) is 0. The van der Waals surface area contributed by atoms with Gasteiger partial charge in [0.15, 0.2) is 6.10 Å². The smallest absolute Gasteiger partial charge is 0.410 e. The summed E-state index contributed by atoms with van der Waals surface area (Å²) >= 11 is 0. The Morgan fingerprint density at radius 2 is 1.77 bits per heavy atom. The Morgan fingerprint density at radius 1 is 1.02 bits per heavy atom. The second-order valence-corrected chi connectivity index (χ2v) is 13.1. The zero-order valence-electron chi connectivity index (χ0n) is 29.0. The van der Waals surface area contributed by atoms with Crippen LogP contribution in [0, 0.1) is 32.1 Å². The van der Waals surface area contributed by atoms with Crippen LogP contribution in [0.25, 0.3) is 0 Å². The van der Waals surface area contributed by atoms with Crippen LogP contribution in [0.1, 0.15) is 89.4 Å². The van der Waals surface area contributed by atoms with Crippen molar-refractivity contribution in [3.63, 3.8) is 0 Å². The molecule has 1 aromatic carbocycles. The molecule has 0 unspecified atom stereocenters. The third-order valence-corrected chi connectivity index (χ3v) is 7.89. The number of hydrogen-bond donors (Lipinski definition) is 2. The highest BCUT2D eigenvalue weighted by Crippen LogP contribution is 2.30. The number of hydrogen-bond acceptors (Lipinski definition) is 9. The number of nitrogens with one attached hydrogen (secondary N) is 2. The van der Waals surface area contributed by atoms with Crippen LogP contribution in [0.15, 0.2) is 42.7 Å². The number of ether oxygens (including phenoxy) is 2. The average molecular weight is 656 g/mol. The molecule has 0 bridgehead atoms. The topological polar surface area (TPSA) is 150 Å². The third kappa shape index (κ3) is 9.07. The number of carbonyl (C=O) groups excluding carboxylic acids is 3. The van der Waals surface area contributed by atoms with E-state index in [9.17, 15) is 14.4 Å². The summed E-state index contributed by atoms with van der Waals surface area (Å²) in [6, 6.07) is 10.7. The van der Waals surface area contributed by atoms with Gasteiger partial charge in [0.1, 0.15) is 23.2 Å². The fraction of sp³-hybridized carbons (Fsp3) is 0.444. The van der Waals surface area contributed by atoms with E-state index in [2.05, 4.69) is 25.5 Å². The number of carbonyl (C=O) groups is 3. The van der Waals surface area contributed by atoms with Crippen LogP contribution in [0.2, 0.25) is 0 Å². The van der Waals surface area contributed by atoms with Crippen molar-refractivity contribution < 1.29 is 23.9 Å². The van der Waals surface area contributed by atoms with Crippen LogP contribution in [0.3, 0.4) is 0 Å². The maximum Gasteiger partial charge on any atom is 0.410 e. The summed E-state index contributed by atoms with van der Waals surface area (Å²) in [6.45, 7) is 17.4. The zero-order valence-corrected chi connectivity index (χ0v) is 29.0. The Labute approximate surface area is 282 Å². The van der Waals surface area contributed by atoms with Crippen molar-refractivity contribution in [2.75, 3.05) is 38.0 Å². The molecular weight excluding hydrogens is 610 g/mol. The molecule has 12 nitrogen and oxygen atoms in total. The van der Waals surface area contributed by atoms with Gasteiger partial charge in [0.2, 0.25) is 0 Å². The lowest BCUT2D eigenvalue weighted by Crippen LogP contribution is -2.55. The molecule has 3 amide bonds. The molecule has 2 aromatic heterocycles. The van der Waals surface area contributed by atoms with Crippen LogP contribution in [0.5, 0.6) is 5.75 Å². The van der Waals surface area contributed by atoms with Crippen LogP contribution in [0.4, 0.5) is 10.6 Å². The molecule has 2 atom stereocenters. The van der Waals surface area contributed by atoms with Gasteiger partial charge in [-0.05, 0) is 96.3 Å². The van der Waals surface area contributed by atoms with Crippen molar-refractivity contribution in [2.24, 2.45) is 0 Å². The predicted molar refractivity (Wildman–Crippen MR) is 182 cm³/mol. The molecule has 0 radical (unpaired) electrons. The van der Waals surface area contributed by atoms with E-state index >= 15 is 0 Å². The van der Waals surface area contributed by atoms with Gasteiger partial charge in [-0.1, -0.05) is 6.07 Å². The minimum Gasteiger partial charge on any atom is -0.482 e. The van der Waals surface area contributed by atoms with Crippen molar-refractivity contribution in [1.82, 2.24) is 25.1 Å². The Morgan fingerprint density at radius 3 is 2.38 bits per heavy atom. The van der Waals surface area contributed by atoms with E-state index < -0.39 is 17.6 Å². The lowest BCUT2D eigenvalue weighted by atomic mass is 10.0. The number of anilines is 1. The lowest BCUT2D eigenvalue weighted by Gasteiger charge is -2.41. The molecule has 48 heavy (non-hydrogen) atoms. The number of aryl methyl sites for hydroxylation is 3. The molecule has 1 aliphatic heterocycles. The Kier molecular flexibility index (Phi) is 11.4. The Balaban J connectivity index is 1.63. The number of aromatic nitrogens is 2. The monoisotopic (exact) mass is 655 g/mol. The molecule has 3 heterocycles. The summed E-state index contributed by atoms with van der Waals surface area (Å²) in [5, 5.41) is 14.8. The Bertz CT molecular complexity index is 1690. The molecule has 1 saturated heterocycles. The van der Waals surface area contributed by atoms with Crippen LogP contribution in [-0.4, -0.2) is 82.0 Å². The van der Waals surface area contributed by atoms with E-state index in [1.165, 1.54) is 12.3 Å². The number of nitriles is 1. The molecule has 254 valence electrons. The quantitative estimate of drug-likeness (QED) is 0.312. The summed E-state index contributed by atoms with van der Waals surface area (Å²) in [6.07, 6.45) is 2.27. The van der Waals surface area contributed by atoms with Gasteiger partial charge in [-0.2, -0.15) is 5.26 Å². The van der Waals surface area contributed by atoms with Gasteiger partial charge in [-0.15, -0.1) is 0 Å². The predicted octanol–water partition coefficient (Wildman–Crippen LogP) is 5.34. The van der Waals surface area contributed by atoms with Crippen molar-refractivity contribution in [3.05, 3.63) is 81.8 Å². The molecule has 0 saturated carbocycles. The highest BCUT2D eigenvalue weighted by molar-refractivity contribution is 6.07. The van der Waals surface area contributed by atoms with Crippen molar-refractivity contribution in [3.8, 4) is 11.8 Å². The molecule has 12 heteroatoms. The number of pyridine rings is 2. The van der Waals surface area contributed by atoms with Crippen LogP contribution < -0.4 is 15.4 Å². The first kappa shape index (κ1) is 35.8. The lowest BCUT2D eigenvalue weighted by molar-refractivity contribution is -0.00317.